The van der Waals surface area contributed by atoms with Gasteiger partial charge in [0.25, 0.3) is 5.91 Å². The van der Waals surface area contributed by atoms with Gasteiger partial charge in [0.2, 0.25) is 0 Å². The molecule has 2 unspecified atom stereocenters. The second-order valence-corrected chi connectivity index (χ2v) is 4.94. The molecule has 0 radical (unpaired) electrons. The molecular formula is C11H16BrN3O2. The fourth-order valence-electron chi connectivity index (χ4n) is 1.87. The van der Waals surface area contributed by atoms with Crippen LogP contribution in [0.1, 0.15) is 17.4 Å². The first-order valence-corrected chi connectivity index (χ1v) is 6.72. The summed E-state index contributed by atoms with van der Waals surface area (Å²) >= 11 is 3.39. The van der Waals surface area contributed by atoms with Crippen LogP contribution in [0.3, 0.4) is 0 Å². The van der Waals surface area contributed by atoms with Crippen LogP contribution in [0, 0.1) is 0 Å². The quantitative estimate of drug-likeness (QED) is 0.767. The Labute approximate surface area is 109 Å². The SMILES string of the molecule is CC1COC(CBr)CN1C(=O)c1ccn(C)n1. The normalized spacial score (nSPS) is 25.0. The van der Waals surface area contributed by atoms with E-state index in [2.05, 4.69) is 21.0 Å². The monoisotopic (exact) mass is 301 g/mol. The number of carbonyl (C=O) groups is 1. The number of nitrogens with zero attached hydrogens (tertiary/aromatic N) is 3. The first-order chi connectivity index (χ1) is 8.11. The molecule has 0 spiro atoms. The van der Waals surface area contributed by atoms with Gasteiger partial charge in [-0.15, -0.1) is 0 Å². The lowest BCUT2D eigenvalue weighted by molar-refractivity contribution is -0.0363. The van der Waals surface area contributed by atoms with E-state index < -0.39 is 0 Å². The highest BCUT2D eigenvalue weighted by molar-refractivity contribution is 9.09. The summed E-state index contributed by atoms with van der Waals surface area (Å²) in [7, 11) is 1.81. The van der Waals surface area contributed by atoms with Gasteiger partial charge in [-0.2, -0.15) is 5.10 Å². The summed E-state index contributed by atoms with van der Waals surface area (Å²) in [6, 6.07) is 1.84. The number of rotatable bonds is 2. The number of aromatic nitrogens is 2. The second kappa shape index (κ2) is 5.18. The molecule has 2 rings (SSSR count). The summed E-state index contributed by atoms with van der Waals surface area (Å²) in [6.45, 7) is 3.18. The Morgan fingerprint density at radius 2 is 2.47 bits per heavy atom. The molecule has 1 aliphatic heterocycles. The summed E-state index contributed by atoms with van der Waals surface area (Å²) in [6.07, 6.45) is 1.85. The average Bonchev–Trinajstić information content (AvgIpc) is 2.76. The Hall–Kier alpha value is -0.880. The highest BCUT2D eigenvalue weighted by Crippen LogP contribution is 2.15. The maximum absolute atomic E-state index is 12.3. The predicted molar refractivity (Wildman–Crippen MR) is 67.2 cm³/mol. The molecule has 1 aromatic heterocycles. The third kappa shape index (κ3) is 2.69. The van der Waals surface area contributed by atoms with Gasteiger partial charge >= 0.3 is 0 Å². The highest BCUT2D eigenvalue weighted by atomic mass is 79.9. The van der Waals surface area contributed by atoms with E-state index in [0.717, 1.165) is 5.33 Å². The minimum absolute atomic E-state index is 0.0210. The zero-order valence-electron chi connectivity index (χ0n) is 9.97. The van der Waals surface area contributed by atoms with Gasteiger partial charge in [-0.25, -0.2) is 0 Å². The molecule has 17 heavy (non-hydrogen) atoms. The van der Waals surface area contributed by atoms with E-state index in [4.69, 9.17) is 4.74 Å². The Kier molecular flexibility index (Phi) is 3.83. The number of aryl methyl sites for hydroxylation is 1. The van der Waals surface area contributed by atoms with Crippen LogP contribution in [-0.2, 0) is 11.8 Å². The topological polar surface area (TPSA) is 47.4 Å². The molecule has 2 atom stereocenters. The molecule has 1 aromatic rings. The van der Waals surface area contributed by atoms with E-state index in [1.54, 1.807) is 24.0 Å². The van der Waals surface area contributed by atoms with Gasteiger partial charge in [-0.1, -0.05) is 15.9 Å². The molecule has 5 nitrogen and oxygen atoms in total. The third-order valence-electron chi connectivity index (χ3n) is 2.87. The van der Waals surface area contributed by atoms with Crippen molar-refractivity contribution in [3.8, 4) is 0 Å². The summed E-state index contributed by atoms with van der Waals surface area (Å²) in [5, 5.41) is 4.89. The number of halogens is 1. The molecule has 0 aromatic carbocycles. The van der Waals surface area contributed by atoms with E-state index in [-0.39, 0.29) is 18.1 Å². The minimum Gasteiger partial charge on any atom is -0.373 e. The van der Waals surface area contributed by atoms with E-state index in [9.17, 15) is 4.79 Å². The molecule has 0 N–H and O–H groups in total. The van der Waals surface area contributed by atoms with Crippen molar-refractivity contribution in [2.75, 3.05) is 18.5 Å². The minimum atomic E-state index is -0.0210. The number of carbonyl (C=O) groups excluding carboxylic acids is 1. The summed E-state index contributed by atoms with van der Waals surface area (Å²) < 4.78 is 7.23. The Morgan fingerprint density at radius 3 is 3.06 bits per heavy atom. The lowest BCUT2D eigenvalue weighted by Gasteiger charge is -2.37. The summed E-state index contributed by atoms with van der Waals surface area (Å²) in [4.78, 5) is 14.1. The number of ether oxygens (including phenoxy) is 1. The molecule has 1 saturated heterocycles. The first-order valence-electron chi connectivity index (χ1n) is 5.60. The fourth-order valence-corrected chi connectivity index (χ4v) is 2.26. The van der Waals surface area contributed by atoms with Crippen LogP contribution in [0.2, 0.25) is 0 Å². The standard InChI is InChI=1S/C11H16BrN3O2/c1-8-7-17-9(5-12)6-15(8)11(16)10-3-4-14(2)13-10/h3-4,8-9H,5-7H2,1-2H3. The molecule has 1 amide bonds. The van der Waals surface area contributed by atoms with Crippen LogP contribution in [0.15, 0.2) is 12.3 Å². The zero-order valence-corrected chi connectivity index (χ0v) is 11.6. The van der Waals surface area contributed by atoms with Crippen molar-refractivity contribution in [3.63, 3.8) is 0 Å². The molecule has 0 saturated carbocycles. The van der Waals surface area contributed by atoms with E-state index in [1.807, 2.05) is 11.8 Å². The average molecular weight is 302 g/mol. The van der Waals surface area contributed by atoms with E-state index in [0.29, 0.717) is 18.8 Å². The van der Waals surface area contributed by atoms with Crippen molar-refractivity contribution in [2.24, 2.45) is 7.05 Å². The lowest BCUT2D eigenvalue weighted by atomic mass is 10.2. The van der Waals surface area contributed by atoms with Crippen LogP contribution >= 0.6 is 15.9 Å². The van der Waals surface area contributed by atoms with Crippen molar-refractivity contribution in [1.82, 2.24) is 14.7 Å². The molecule has 1 aliphatic rings. The lowest BCUT2D eigenvalue weighted by Crippen LogP contribution is -2.51. The number of hydrogen-bond donors (Lipinski definition) is 0. The number of hydrogen-bond acceptors (Lipinski definition) is 3. The van der Waals surface area contributed by atoms with Gasteiger partial charge in [-0.3, -0.25) is 9.48 Å². The largest absolute Gasteiger partial charge is 0.373 e. The van der Waals surface area contributed by atoms with Gasteiger partial charge in [0.05, 0.1) is 18.8 Å². The van der Waals surface area contributed by atoms with E-state index in [1.165, 1.54) is 0 Å². The summed E-state index contributed by atoms with van der Waals surface area (Å²) in [5.41, 5.74) is 0.495. The van der Waals surface area contributed by atoms with Crippen LogP contribution in [0.5, 0.6) is 0 Å². The van der Waals surface area contributed by atoms with Gasteiger partial charge in [0, 0.05) is 25.1 Å². The zero-order chi connectivity index (χ0) is 12.4. The highest BCUT2D eigenvalue weighted by Gasteiger charge is 2.30. The first kappa shape index (κ1) is 12.6. The molecule has 0 aliphatic carbocycles. The van der Waals surface area contributed by atoms with Crippen molar-refractivity contribution in [2.45, 2.75) is 19.1 Å². The molecule has 2 heterocycles. The third-order valence-corrected chi connectivity index (χ3v) is 3.59. The predicted octanol–water partition coefficient (Wildman–Crippen LogP) is 1.04. The van der Waals surface area contributed by atoms with Crippen molar-refractivity contribution < 1.29 is 9.53 Å². The van der Waals surface area contributed by atoms with Crippen molar-refractivity contribution in [1.29, 1.82) is 0 Å². The Balaban J connectivity index is 2.12. The smallest absolute Gasteiger partial charge is 0.274 e. The van der Waals surface area contributed by atoms with Crippen LogP contribution in [0.25, 0.3) is 0 Å². The van der Waals surface area contributed by atoms with Crippen LogP contribution in [-0.4, -0.2) is 51.2 Å². The van der Waals surface area contributed by atoms with Gasteiger partial charge in [0.15, 0.2) is 0 Å². The van der Waals surface area contributed by atoms with Crippen LogP contribution < -0.4 is 0 Å². The Morgan fingerprint density at radius 1 is 1.71 bits per heavy atom. The molecule has 6 heteroatoms. The number of alkyl halides is 1. The maximum atomic E-state index is 12.3. The van der Waals surface area contributed by atoms with Gasteiger partial charge in [-0.05, 0) is 13.0 Å². The van der Waals surface area contributed by atoms with E-state index >= 15 is 0 Å². The number of amides is 1. The van der Waals surface area contributed by atoms with Crippen LogP contribution in [0.4, 0.5) is 0 Å². The summed E-state index contributed by atoms with van der Waals surface area (Å²) in [5.74, 6) is -0.0210. The van der Waals surface area contributed by atoms with Crippen molar-refractivity contribution in [3.05, 3.63) is 18.0 Å². The fraction of sp³-hybridized carbons (Fsp3) is 0.636. The van der Waals surface area contributed by atoms with Crippen molar-refractivity contribution >= 4 is 21.8 Å². The van der Waals surface area contributed by atoms with Gasteiger partial charge in [0.1, 0.15) is 5.69 Å². The molecular weight excluding hydrogens is 286 g/mol. The second-order valence-electron chi connectivity index (χ2n) is 4.29. The van der Waals surface area contributed by atoms with Gasteiger partial charge < -0.3 is 9.64 Å². The molecule has 1 fully saturated rings. The Bertz CT molecular complexity index is 407. The molecule has 0 bridgehead atoms. The maximum Gasteiger partial charge on any atom is 0.274 e. The number of morpholine rings is 1. The molecule has 94 valence electrons.